The van der Waals surface area contributed by atoms with Crippen LogP contribution >= 0.6 is 23.2 Å². The van der Waals surface area contributed by atoms with Gasteiger partial charge in [-0.2, -0.15) is 0 Å². The number of halogens is 2. The molecule has 3 nitrogen and oxygen atoms in total. The van der Waals surface area contributed by atoms with Crippen LogP contribution in [0.4, 0.5) is 0 Å². The van der Waals surface area contributed by atoms with Gasteiger partial charge in [-0.15, -0.1) is 0 Å². The average molecular weight is 272 g/mol. The molecule has 0 saturated heterocycles. The molecule has 0 atom stereocenters. The summed E-state index contributed by atoms with van der Waals surface area (Å²) in [6, 6.07) is 5.18. The number of aromatic nitrogens is 1. The third-order valence-electron chi connectivity index (χ3n) is 2.42. The van der Waals surface area contributed by atoms with Crippen LogP contribution in [0.25, 0.3) is 11.3 Å². The molecule has 0 fully saturated rings. The van der Waals surface area contributed by atoms with Gasteiger partial charge in [0.25, 0.3) is 0 Å². The largest absolute Gasteiger partial charge is 0.396 e. The van der Waals surface area contributed by atoms with E-state index in [4.69, 9.17) is 32.8 Å². The van der Waals surface area contributed by atoms with E-state index in [0.717, 1.165) is 11.1 Å². The fourth-order valence-electron chi connectivity index (χ4n) is 1.60. The molecule has 90 valence electrons. The molecule has 0 aliphatic heterocycles. The lowest BCUT2D eigenvalue weighted by Crippen LogP contribution is -1.90. The molecule has 0 amide bonds. The van der Waals surface area contributed by atoms with Gasteiger partial charge in [0.15, 0.2) is 5.76 Å². The molecule has 1 aromatic heterocycles. The molecule has 0 radical (unpaired) electrons. The minimum Gasteiger partial charge on any atom is -0.396 e. The highest BCUT2D eigenvalue weighted by Gasteiger charge is 2.14. The Morgan fingerprint density at radius 3 is 2.88 bits per heavy atom. The van der Waals surface area contributed by atoms with E-state index in [1.54, 1.807) is 24.4 Å². The monoisotopic (exact) mass is 271 g/mol. The molecule has 0 saturated carbocycles. The van der Waals surface area contributed by atoms with E-state index < -0.39 is 0 Å². The number of hydrogen-bond donors (Lipinski definition) is 1. The Kier molecular flexibility index (Phi) is 4.05. The maximum atomic E-state index is 8.83. The topological polar surface area (TPSA) is 46.3 Å². The van der Waals surface area contributed by atoms with Gasteiger partial charge in [0, 0.05) is 22.8 Å². The summed E-state index contributed by atoms with van der Waals surface area (Å²) in [6.07, 6.45) is 2.99. The van der Waals surface area contributed by atoms with Crippen molar-refractivity contribution in [3.63, 3.8) is 0 Å². The van der Waals surface area contributed by atoms with Crippen molar-refractivity contribution in [3.05, 3.63) is 40.0 Å². The third kappa shape index (κ3) is 2.80. The summed E-state index contributed by atoms with van der Waals surface area (Å²) < 4.78 is 5.21. The van der Waals surface area contributed by atoms with Crippen LogP contribution < -0.4 is 0 Å². The van der Waals surface area contributed by atoms with Crippen LogP contribution in [0, 0.1) is 0 Å². The smallest absolute Gasteiger partial charge is 0.171 e. The number of aliphatic hydroxyl groups excluding tert-OH is 1. The van der Waals surface area contributed by atoms with Crippen molar-refractivity contribution in [1.29, 1.82) is 0 Å². The van der Waals surface area contributed by atoms with Crippen LogP contribution in [0.2, 0.25) is 10.0 Å². The van der Waals surface area contributed by atoms with Crippen molar-refractivity contribution in [2.24, 2.45) is 0 Å². The van der Waals surface area contributed by atoms with E-state index in [9.17, 15) is 0 Å². The maximum Gasteiger partial charge on any atom is 0.171 e. The van der Waals surface area contributed by atoms with E-state index in [1.807, 2.05) is 0 Å². The SMILES string of the molecule is OCCCc1cnoc1-c1cc(Cl)ccc1Cl. The van der Waals surface area contributed by atoms with Crippen molar-refractivity contribution < 1.29 is 9.63 Å². The first-order chi connectivity index (χ1) is 8.22. The van der Waals surface area contributed by atoms with Gasteiger partial charge in [0.2, 0.25) is 0 Å². The molecule has 1 aromatic carbocycles. The summed E-state index contributed by atoms with van der Waals surface area (Å²) in [5, 5.41) is 13.7. The molecule has 0 bridgehead atoms. The Labute approximate surface area is 109 Å². The number of aliphatic hydroxyl groups is 1. The molecule has 1 heterocycles. The van der Waals surface area contributed by atoms with E-state index in [2.05, 4.69) is 5.16 Å². The summed E-state index contributed by atoms with van der Waals surface area (Å²) in [7, 11) is 0. The zero-order valence-electron chi connectivity index (χ0n) is 8.99. The summed E-state index contributed by atoms with van der Waals surface area (Å²) in [5.41, 5.74) is 1.65. The lowest BCUT2D eigenvalue weighted by molar-refractivity contribution is 0.288. The minimum atomic E-state index is 0.133. The van der Waals surface area contributed by atoms with Gasteiger partial charge in [-0.3, -0.25) is 0 Å². The maximum absolute atomic E-state index is 8.83. The van der Waals surface area contributed by atoms with Crippen molar-refractivity contribution >= 4 is 23.2 Å². The number of rotatable bonds is 4. The third-order valence-corrected chi connectivity index (χ3v) is 2.99. The predicted molar refractivity (Wildman–Crippen MR) is 67.4 cm³/mol. The lowest BCUT2D eigenvalue weighted by atomic mass is 10.1. The molecule has 0 spiro atoms. The van der Waals surface area contributed by atoms with Crippen molar-refractivity contribution in [2.75, 3.05) is 6.61 Å². The number of aryl methyl sites for hydroxylation is 1. The molecular weight excluding hydrogens is 261 g/mol. The van der Waals surface area contributed by atoms with Crippen LogP contribution in [-0.2, 0) is 6.42 Å². The van der Waals surface area contributed by atoms with Gasteiger partial charge >= 0.3 is 0 Å². The van der Waals surface area contributed by atoms with Crippen LogP contribution in [0.5, 0.6) is 0 Å². The van der Waals surface area contributed by atoms with Gasteiger partial charge in [0.05, 0.1) is 11.2 Å². The quantitative estimate of drug-likeness (QED) is 0.925. The van der Waals surface area contributed by atoms with Crippen molar-refractivity contribution in [3.8, 4) is 11.3 Å². The van der Waals surface area contributed by atoms with Gasteiger partial charge in [-0.05, 0) is 31.0 Å². The van der Waals surface area contributed by atoms with E-state index in [0.29, 0.717) is 28.6 Å². The summed E-state index contributed by atoms with van der Waals surface area (Å²) in [4.78, 5) is 0. The van der Waals surface area contributed by atoms with Crippen LogP contribution in [0.3, 0.4) is 0 Å². The molecule has 0 aliphatic carbocycles. The highest BCUT2D eigenvalue weighted by atomic mass is 35.5. The normalized spacial score (nSPS) is 10.8. The summed E-state index contributed by atoms with van der Waals surface area (Å²) >= 11 is 12.0. The molecule has 0 aliphatic rings. The Bertz CT molecular complexity index is 511. The second kappa shape index (κ2) is 5.54. The standard InChI is InChI=1S/C12H11Cl2NO2/c13-9-3-4-11(14)10(6-9)12-8(2-1-5-16)7-15-17-12/h3-4,6-7,16H,1-2,5H2. The highest BCUT2D eigenvalue weighted by molar-refractivity contribution is 6.35. The fourth-order valence-corrected chi connectivity index (χ4v) is 1.98. The van der Waals surface area contributed by atoms with Crippen LogP contribution in [0.1, 0.15) is 12.0 Å². The van der Waals surface area contributed by atoms with Gasteiger partial charge in [-0.1, -0.05) is 28.4 Å². The Morgan fingerprint density at radius 1 is 1.29 bits per heavy atom. The van der Waals surface area contributed by atoms with Crippen molar-refractivity contribution in [2.45, 2.75) is 12.8 Å². The second-order valence-electron chi connectivity index (χ2n) is 3.63. The second-order valence-corrected chi connectivity index (χ2v) is 4.48. The Morgan fingerprint density at radius 2 is 2.12 bits per heavy atom. The van der Waals surface area contributed by atoms with Gasteiger partial charge in [-0.25, -0.2) is 0 Å². The lowest BCUT2D eigenvalue weighted by Gasteiger charge is -2.03. The first-order valence-electron chi connectivity index (χ1n) is 5.22. The molecule has 0 unspecified atom stereocenters. The molecule has 17 heavy (non-hydrogen) atoms. The van der Waals surface area contributed by atoms with Gasteiger partial charge in [0.1, 0.15) is 0 Å². The zero-order valence-corrected chi connectivity index (χ0v) is 10.5. The van der Waals surface area contributed by atoms with Crippen LogP contribution in [0.15, 0.2) is 28.9 Å². The first-order valence-corrected chi connectivity index (χ1v) is 5.98. The number of benzene rings is 1. The van der Waals surface area contributed by atoms with Gasteiger partial charge < -0.3 is 9.63 Å². The van der Waals surface area contributed by atoms with Crippen molar-refractivity contribution in [1.82, 2.24) is 5.16 Å². The summed E-state index contributed by atoms with van der Waals surface area (Å²) in [5.74, 6) is 0.617. The summed E-state index contributed by atoms with van der Waals surface area (Å²) in [6.45, 7) is 0.133. The molecular formula is C12H11Cl2NO2. The van der Waals surface area contributed by atoms with E-state index in [1.165, 1.54) is 0 Å². The zero-order chi connectivity index (χ0) is 12.3. The number of hydrogen-bond acceptors (Lipinski definition) is 3. The Hall–Kier alpha value is -1.03. The highest BCUT2D eigenvalue weighted by Crippen LogP contribution is 2.33. The molecule has 2 rings (SSSR count). The molecule has 2 aromatic rings. The Balaban J connectivity index is 2.38. The van der Waals surface area contributed by atoms with E-state index >= 15 is 0 Å². The predicted octanol–water partition coefficient (Wildman–Crippen LogP) is 3.57. The first kappa shape index (κ1) is 12.4. The van der Waals surface area contributed by atoms with Crippen LogP contribution in [-0.4, -0.2) is 16.9 Å². The molecule has 5 heteroatoms. The number of nitrogens with zero attached hydrogens (tertiary/aromatic N) is 1. The minimum absolute atomic E-state index is 0.133. The molecule has 1 N–H and O–H groups in total. The fraction of sp³-hybridized carbons (Fsp3) is 0.250. The average Bonchev–Trinajstić information content (AvgIpc) is 2.77. The van der Waals surface area contributed by atoms with E-state index in [-0.39, 0.29) is 6.61 Å².